The second-order valence-corrected chi connectivity index (χ2v) is 6.20. The molecule has 2 heteroatoms. The van der Waals surface area contributed by atoms with Gasteiger partial charge < -0.3 is 10.8 Å². The molecule has 3 N–H and O–H groups in total. The minimum Gasteiger partial charge on any atom is -0.393 e. The van der Waals surface area contributed by atoms with E-state index in [1.165, 1.54) is 57.8 Å². The minimum absolute atomic E-state index is 0.0429. The van der Waals surface area contributed by atoms with E-state index in [-0.39, 0.29) is 11.5 Å². The number of hydrogen-bond donors (Lipinski definition) is 2. The third kappa shape index (κ3) is 4.89. The van der Waals surface area contributed by atoms with Gasteiger partial charge in [-0.15, -0.1) is 0 Å². The molecular formula is C16H33NO. The first-order chi connectivity index (χ1) is 8.75. The number of aliphatic hydroxyl groups excluding tert-OH is 1. The Bertz CT molecular complexity index is 197. The molecule has 1 unspecified atom stereocenters. The van der Waals surface area contributed by atoms with Gasteiger partial charge >= 0.3 is 0 Å². The Hall–Kier alpha value is -0.0800. The molecule has 2 nitrogen and oxygen atoms in total. The lowest BCUT2D eigenvalue weighted by Crippen LogP contribution is -2.41. The fourth-order valence-corrected chi connectivity index (χ4v) is 3.35. The van der Waals surface area contributed by atoms with E-state index < -0.39 is 0 Å². The molecule has 1 fully saturated rings. The van der Waals surface area contributed by atoms with Gasteiger partial charge in [0.15, 0.2) is 0 Å². The predicted octanol–water partition coefficient (Wildman–Crippen LogP) is 4.01. The molecule has 1 aliphatic carbocycles. The molecule has 0 saturated heterocycles. The lowest BCUT2D eigenvalue weighted by atomic mass is 9.74. The molecule has 0 aromatic carbocycles. The maximum atomic E-state index is 10.5. The quantitative estimate of drug-likeness (QED) is 0.508. The maximum Gasteiger partial charge on any atom is 0.0608 e. The van der Waals surface area contributed by atoms with Crippen LogP contribution in [-0.2, 0) is 0 Å². The molecule has 18 heavy (non-hydrogen) atoms. The second kappa shape index (κ2) is 8.92. The average Bonchev–Trinajstić information content (AvgIpc) is 2.64. The normalized spacial score (nSPS) is 21.5. The number of unbranched alkanes of at least 4 members (excludes halogenated alkanes) is 4. The standard InChI is InChI=1S/C16H33NO/c1-2-3-4-5-8-11-15(18)16(14-17)12-9-6-7-10-13-16/h15,18H,2-14,17H2,1H3. The van der Waals surface area contributed by atoms with Crippen molar-refractivity contribution < 1.29 is 5.11 Å². The van der Waals surface area contributed by atoms with Gasteiger partial charge in [-0.1, -0.05) is 64.7 Å². The van der Waals surface area contributed by atoms with E-state index >= 15 is 0 Å². The van der Waals surface area contributed by atoms with Crippen LogP contribution in [0, 0.1) is 5.41 Å². The van der Waals surface area contributed by atoms with Crippen LogP contribution in [0.5, 0.6) is 0 Å². The third-order valence-corrected chi connectivity index (χ3v) is 4.79. The molecular weight excluding hydrogens is 222 g/mol. The molecule has 0 heterocycles. The van der Waals surface area contributed by atoms with E-state index in [2.05, 4.69) is 6.92 Å². The molecule has 1 rings (SSSR count). The minimum atomic E-state index is -0.165. The number of nitrogens with two attached hydrogens (primary N) is 1. The fourth-order valence-electron chi connectivity index (χ4n) is 3.35. The Balaban J connectivity index is 2.33. The van der Waals surface area contributed by atoms with Crippen molar-refractivity contribution in [1.29, 1.82) is 0 Å². The second-order valence-electron chi connectivity index (χ2n) is 6.20. The SMILES string of the molecule is CCCCCCCC(O)C1(CN)CCCCCC1. The van der Waals surface area contributed by atoms with Crippen LogP contribution >= 0.6 is 0 Å². The van der Waals surface area contributed by atoms with E-state index in [9.17, 15) is 5.11 Å². The highest BCUT2D eigenvalue weighted by atomic mass is 16.3. The summed E-state index contributed by atoms with van der Waals surface area (Å²) in [6, 6.07) is 0. The summed E-state index contributed by atoms with van der Waals surface area (Å²) in [5, 5.41) is 10.5. The van der Waals surface area contributed by atoms with Gasteiger partial charge in [-0.25, -0.2) is 0 Å². The first kappa shape index (κ1) is 16.0. The summed E-state index contributed by atoms with van der Waals surface area (Å²) in [6.45, 7) is 2.91. The van der Waals surface area contributed by atoms with Gasteiger partial charge in [0.25, 0.3) is 0 Å². The monoisotopic (exact) mass is 255 g/mol. The summed E-state index contributed by atoms with van der Waals surface area (Å²) in [5.41, 5.74) is 6.04. The molecule has 1 saturated carbocycles. The highest BCUT2D eigenvalue weighted by molar-refractivity contribution is 4.89. The van der Waals surface area contributed by atoms with Crippen LogP contribution in [0.4, 0.5) is 0 Å². The van der Waals surface area contributed by atoms with E-state index in [0.29, 0.717) is 6.54 Å². The first-order valence-electron chi connectivity index (χ1n) is 8.13. The van der Waals surface area contributed by atoms with E-state index in [0.717, 1.165) is 19.3 Å². The Morgan fingerprint density at radius 1 is 1.00 bits per heavy atom. The molecule has 0 radical (unpaired) electrons. The van der Waals surface area contributed by atoms with Gasteiger partial charge in [-0.05, 0) is 19.3 Å². The van der Waals surface area contributed by atoms with Crippen LogP contribution in [0.2, 0.25) is 0 Å². The zero-order valence-electron chi connectivity index (χ0n) is 12.3. The first-order valence-corrected chi connectivity index (χ1v) is 8.13. The summed E-state index contributed by atoms with van der Waals surface area (Å²) in [5.74, 6) is 0. The molecule has 1 aliphatic rings. The average molecular weight is 255 g/mol. The van der Waals surface area contributed by atoms with Crippen LogP contribution < -0.4 is 5.73 Å². The highest BCUT2D eigenvalue weighted by Crippen LogP contribution is 2.38. The summed E-state index contributed by atoms with van der Waals surface area (Å²) >= 11 is 0. The van der Waals surface area contributed by atoms with Crippen molar-refractivity contribution in [2.75, 3.05) is 6.54 Å². The van der Waals surface area contributed by atoms with Crippen molar-refractivity contribution in [2.24, 2.45) is 11.1 Å². The van der Waals surface area contributed by atoms with Crippen molar-refractivity contribution in [2.45, 2.75) is 90.1 Å². The smallest absolute Gasteiger partial charge is 0.0608 e. The third-order valence-electron chi connectivity index (χ3n) is 4.79. The zero-order chi connectivity index (χ0) is 13.3. The van der Waals surface area contributed by atoms with Crippen molar-refractivity contribution >= 4 is 0 Å². The number of rotatable bonds is 8. The molecule has 0 bridgehead atoms. The van der Waals surface area contributed by atoms with E-state index in [1.54, 1.807) is 0 Å². The molecule has 0 amide bonds. The summed E-state index contributed by atoms with van der Waals surface area (Å²) in [7, 11) is 0. The Kier molecular flexibility index (Phi) is 7.92. The lowest BCUT2D eigenvalue weighted by Gasteiger charge is -2.36. The largest absolute Gasteiger partial charge is 0.393 e. The van der Waals surface area contributed by atoms with Crippen molar-refractivity contribution in [3.63, 3.8) is 0 Å². The van der Waals surface area contributed by atoms with Crippen LogP contribution in [-0.4, -0.2) is 17.8 Å². The highest BCUT2D eigenvalue weighted by Gasteiger charge is 2.36. The summed E-state index contributed by atoms with van der Waals surface area (Å²) < 4.78 is 0. The molecule has 108 valence electrons. The van der Waals surface area contributed by atoms with Gasteiger partial charge in [0, 0.05) is 12.0 Å². The van der Waals surface area contributed by atoms with Crippen LogP contribution in [0.1, 0.15) is 84.0 Å². The lowest BCUT2D eigenvalue weighted by molar-refractivity contribution is 0.0105. The molecule has 0 aromatic rings. The molecule has 0 spiro atoms. The van der Waals surface area contributed by atoms with Crippen molar-refractivity contribution in [3.05, 3.63) is 0 Å². The Morgan fingerprint density at radius 2 is 1.61 bits per heavy atom. The molecule has 1 atom stereocenters. The van der Waals surface area contributed by atoms with Crippen LogP contribution in [0.3, 0.4) is 0 Å². The Labute approximate surface area is 113 Å². The maximum absolute atomic E-state index is 10.5. The summed E-state index contributed by atoms with van der Waals surface area (Å²) in [6.07, 6.45) is 14.6. The predicted molar refractivity (Wildman–Crippen MR) is 78.6 cm³/mol. The zero-order valence-corrected chi connectivity index (χ0v) is 12.3. The fraction of sp³-hybridized carbons (Fsp3) is 1.00. The van der Waals surface area contributed by atoms with Crippen molar-refractivity contribution in [1.82, 2.24) is 0 Å². The molecule has 0 aromatic heterocycles. The van der Waals surface area contributed by atoms with Crippen molar-refractivity contribution in [3.8, 4) is 0 Å². The van der Waals surface area contributed by atoms with Gasteiger partial charge in [-0.3, -0.25) is 0 Å². The van der Waals surface area contributed by atoms with Gasteiger partial charge in [0.2, 0.25) is 0 Å². The Morgan fingerprint density at radius 3 is 2.17 bits per heavy atom. The van der Waals surface area contributed by atoms with Crippen LogP contribution in [0.25, 0.3) is 0 Å². The van der Waals surface area contributed by atoms with E-state index in [4.69, 9.17) is 5.73 Å². The van der Waals surface area contributed by atoms with Gasteiger partial charge in [0.1, 0.15) is 0 Å². The number of aliphatic hydroxyl groups is 1. The summed E-state index contributed by atoms with van der Waals surface area (Å²) in [4.78, 5) is 0. The van der Waals surface area contributed by atoms with E-state index in [1.807, 2.05) is 0 Å². The van der Waals surface area contributed by atoms with Gasteiger partial charge in [0.05, 0.1) is 6.10 Å². The molecule has 0 aliphatic heterocycles. The number of hydrogen-bond acceptors (Lipinski definition) is 2. The van der Waals surface area contributed by atoms with Crippen LogP contribution in [0.15, 0.2) is 0 Å². The topological polar surface area (TPSA) is 46.2 Å². The van der Waals surface area contributed by atoms with Gasteiger partial charge in [-0.2, -0.15) is 0 Å².